The molecule has 0 unspecified atom stereocenters. The molecule has 0 radical (unpaired) electrons. The molecular weight excluding hydrogens is 352 g/mol. The van der Waals surface area contributed by atoms with Crippen LogP contribution in [-0.4, -0.2) is 65.1 Å². The van der Waals surface area contributed by atoms with E-state index in [0.717, 1.165) is 56.6 Å². The van der Waals surface area contributed by atoms with Crippen molar-refractivity contribution in [3.63, 3.8) is 0 Å². The summed E-state index contributed by atoms with van der Waals surface area (Å²) in [7, 11) is 0. The number of hydrogen-bond donors (Lipinski definition) is 1. The van der Waals surface area contributed by atoms with E-state index in [2.05, 4.69) is 40.7 Å². The summed E-state index contributed by atoms with van der Waals surface area (Å²) in [5, 5.41) is 0. The lowest BCUT2D eigenvalue weighted by atomic mass is 10.1. The molecule has 2 fully saturated rings. The lowest BCUT2D eigenvalue weighted by molar-refractivity contribution is 0.378. The number of anilines is 2. The number of nitrogens with zero attached hydrogens (tertiary/aromatic N) is 7. The van der Waals surface area contributed by atoms with Crippen molar-refractivity contribution in [3.8, 4) is 0 Å². The third-order valence-corrected chi connectivity index (χ3v) is 5.35. The molecule has 2 aromatic rings. The van der Waals surface area contributed by atoms with Crippen molar-refractivity contribution in [2.45, 2.75) is 25.8 Å². The van der Waals surface area contributed by atoms with Crippen molar-refractivity contribution in [3.05, 3.63) is 42.4 Å². The van der Waals surface area contributed by atoms with Crippen LogP contribution in [0.2, 0.25) is 0 Å². The van der Waals surface area contributed by atoms with Gasteiger partial charge in [-0.3, -0.25) is 0 Å². The van der Waals surface area contributed by atoms with Crippen molar-refractivity contribution in [2.75, 3.05) is 49.1 Å². The summed E-state index contributed by atoms with van der Waals surface area (Å²) in [5.74, 6) is 2.44. The summed E-state index contributed by atoms with van der Waals surface area (Å²) in [5.41, 5.74) is 7.41. The van der Waals surface area contributed by atoms with Gasteiger partial charge in [-0.05, 0) is 43.0 Å². The molecule has 148 valence electrons. The molecule has 0 amide bonds. The topological polar surface area (TPSA) is 86.8 Å². The highest BCUT2D eigenvalue weighted by atomic mass is 15.4. The number of aliphatic imine (C=N–C) groups is 1. The minimum Gasteiger partial charge on any atom is -0.370 e. The average molecular weight is 381 g/mol. The van der Waals surface area contributed by atoms with Gasteiger partial charge < -0.3 is 20.4 Å². The zero-order valence-electron chi connectivity index (χ0n) is 16.2. The Bertz CT molecular complexity index is 780. The molecule has 8 heteroatoms. The third-order valence-electron chi connectivity index (χ3n) is 5.35. The minimum absolute atomic E-state index is 0.581. The second kappa shape index (κ2) is 8.86. The lowest BCUT2D eigenvalue weighted by Gasteiger charge is -2.35. The minimum atomic E-state index is 0.581. The number of piperazine rings is 1. The molecule has 2 N–H and O–H groups in total. The molecule has 28 heavy (non-hydrogen) atoms. The van der Waals surface area contributed by atoms with Crippen LogP contribution >= 0.6 is 0 Å². The molecule has 0 bridgehead atoms. The summed E-state index contributed by atoms with van der Waals surface area (Å²) >= 11 is 0. The Morgan fingerprint density at radius 2 is 1.64 bits per heavy atom. The first-order valence-electron chi connectivity index (χ1n) is 10.1. The van der Waals surface area contributed by atoms with E-state index < -0.39 is 0 Å². The van der Waals surface area contributed by atoms with Gasteiger partial charge in [0.15, 0.2) is 5.96 Å². The van der Waals surface area contributed by atoms with Crippen molar-refractivity contribution >= 4 is 17.7 Å². The highest BCUT2D eigenvalue weighted by molar-refractivity contribution is 5.78. The smallest absolute Gasteiger partial charge is 0.225 e. The number of guanidine groups is 1. The van der Waals surface area contributed by atoms with Gasteiger partial charge in [0, 0.05) is 57.9 Å². The molecular formula is C20H28N8. The molecule has 2 saturated heterocycles. The predicted molar refractivity (Wildman–Crippen MR) is 111 cm³/mol. The molecule has 2 aromatic heterocycles. The van der Waals surface area contributed by atoms with E-state index in [-0.39, 0.29) is 0 Å². The Labute approximate surface area is 166 Å². The van der Waals surface area contributed by atoms with Crippen LogP contribution in [0.1, 0.15) is 24.8 Å². The number of piperidine rings is 1. The molecule has 0 aliphatic carbocycles. The van der Waals surface area contributed by atoms with Crippen LogP contribution in [0.3, 0.4) is 0 Å². The molecule has 0 saturated carbocycles. The van der Waals surface area contributed by atoms with Gasteiger partial charge in [0.1, 0.15) is 5.82 Å². The van der Waals surface area contributed by atoms with Gasteiger partial charge >= 0.3 is 0 Å². The Morgan fingerprint density at radius 3 is 2.39 bits per heavy atom. The number of hydrogen-bond acceptors (Lipinski definition) is 6. The van der Waals surface area contributed by atoms with Crippen LogP contribution in [0, 0.1) is 0 Å². The number of nitrogens with two attached hydrogens (primary N) is 1. The predicted octanol–water partition coefficient (Wildman–Crippen LogP) is 1.50. The summed E-state index contributed by atoms with van der Waals surface area (Å²) < 4.78 is 0. The van der Waals surface area contributed by atoms with E-state index in [1.807, 2.05) is 18.3 Å². The Hall–Kier alpha value is -2.90. The highest BCUT2D eigenvalue weighted by Gasteiger charge is 2.20. The Kier molecular flexibility index (Phi) is 5.84. The maximum atomic E-state index is 6.26. The maximum absolute atomic E-state index is 6.26. The molecule has 2 aliphatic heterocycles. The maximum Gasteiger partial charge on any atom is 0.225 e. The fourth-order valence-corrected chi connectivity index (χ4v) is 3.72. The molecule has 8 nitrogen and oxygen atoms in total. The van der Waals surface area contributed by atoms with Crippen molar-refractivity contribution < 1.29 is 0 Å². The van der Waals surface area contributed by atoms with Gasteiger partial charge in [0.25, 0.3) is 0 Å². The first-order chi connectivity index (χ1) is 13.8. The molecule has 2 aliphatic rings. The van der Waals surface area contributed by atoms with Crippen molar-refractivity contribution in [1.82, 2.24) is 19.9 Å². The van der Waals surface area contributed by atoms with Gasteiger partial charge in [0.2, 0.25) is 5.95 Å². The molecule has 4 rings (SSSR count). The van der Waals surface area contributed by atoms with Gasteiger partial charge in [-0.2, -0.15) is 0 Å². The zero-order chi connectivity index (χ0) is 19.2. The largest absolute Gasteiger partial charge is 0.370 e. The van der Waals surface area contributed by atoms with Crippen molar-refractivity contribution in [1.29, 1.82) is 0 Å². The van der Waals surface area contributed by atoms with Crippen LogP contribution < -0.4 is 15.5 Å². The second-order valence-electron chi connectivity index (χ2n) is 7.27. The van der Waals surface area contributed by atoms with Crippen LogP contribution in [0.4, 0.5) is 11.8 Å². The van der Waals surface area contributed by atoms with E-state index >= 15 is 0 Å². The van der Waals surface area contributed by atoms with E-state index in [9.17, 15) is 0 Å². The summed E-state index contributed by atoms with van der Waals surface area (Å²) in [6.45, 7) is 6.10. The molecule has 0 spiro atoms. The Morgan fingerprint density at radius 1 is 0.893 bits per heavy atom. The number of rotatable bonds is 4. The lowest BCUT2D eigenvalue weighted by Crippen LogP contribution is -2.51. The fraction of sp³-hybridized carbons (Fsp3) is 0.500. The summed E-state index contributed by atoms with van der Waals surface area (Å²) in [4.78, 5) is 24.5. The third kappa shape index (κ3) is 4.49. The fourth-order valence-electron chi connectivity index (χ4n) is 3.72. The SMILES string of the molecule is NC(=NCc1ccnc(N2CCCCC2)c1)N1CCN(c2ncccn2)CC1. The van der Waals surface area contributed by atoms with E-state index in [0.29, 0.717) is 12.5 Å². The summed E-state index contributed by atoms with van der Waals surface area (Å²) in [6.07, 6.45) is 9.24. The summed E-state index contributed by atoms with van der Waals surface area (Å²) in [6, 6.07) is 6.00. The van der Waals surface area contributed by atoms with Crippen LogP contribution in [0.15, 0.2) is 41.8 Å². The normalized spacial score (nSPS) is 18.4. The van der Waals surface area contributed by atoms with Crippen LogP contribution in [-0.2, 0) is 6.54 Å². The standard InChI is InChI=1S/C20H28N8/c21-19(27-11-13-28(14-12-27)20-23-6-4-7-24-20)25-16-17-5-8-22-18(15-17)26-9-2-1-3-10-26/h4-8,15H,1-3,9-14,16H2,(H2,21,25). The zero-order valence-corrected chi connectivity index (χ0v) is 16.2. The van der Waals surface area contributed by atoms with E-state index in [1.165, 1.54) is 19.3 Å². The highest BCUT2D eigenvalue weighted by Crippen LogP contribution is 2.18. The van der Waals surface area contributed by atoms with E-state index in [1.54, 1.807) is 12.4 Å². The molecule has 0 aromatic carbocycles. The van der Waals surface area contributed by atoms with Crippen molar-refractivity contribution in [2.24, 2.45) is 10.7 Å². The number of pyridine rings is 1. The van der Waals surface area contributed by atoms with Gasteiger partial charge in [-0.25, -0.2) is 19.9 Å². The number of aromatic nitrogens is 3. The van der Waals surface area contributed by atoms with Gasteiger partial charge in [0.05, 0.1) is 6.54 Å². The molecule has 4 heterocycles. The second-order valence-corrected chi connectivity index (χ2v) is 7.27. The average Bonchev–Trinajstić information content (AvgIpc) is 2.79. The van der Waals surface area contributed by atoms with Gasteiger partial charge in [-0.15, -0.1) is 0 Å². The first kappa shape index (κ1) is 18.5. The quantitative estimate of drug-likeness (QED) is 0.635. The monoisotopic (exact) mass is 380 g/mol. The molecule has 0 atom stereocenters. The first-order valence-corrected chi connectivity index (χ1v) is 10.1. The van der Waals surface area contributed by atoms with Crippen LogP contribution in [0.5, 0.6) is 0 Å². The van der Waals surface area contributed by atoms with Gasteiger partial charge in [-0.1, -0.05) is 0 Å². The van der Waals surface area contributed by atoms with Crippen LogP contribution in [0.25, 0.3) is 0 Å². The Balaban J connectivity index is 1.32. The van der Waals surface area contributed by atoms with E-state index in [4.69, 9.17) is 5.73 Å².